The maximum atomic E-state index is 13.4. The van der Waals surface area contributed by atoms with E-state index in [0.717, 1.165) is 11.3 Å². The molecule has 6 heteroatoms. The number of amides is 1. The standard InChI is InChI=1S/C23H20N4OS/c1-23(21(28)26-22-25-10-12-29-22)14-17-7-8-18(27-11-9-24-15-27)13-19(17)20(23)16-5-3-2-4-6-16/h2-13,15,20H,14H2,1H3,(H,25,26,28)/t20-,23+/m0/s1. The smallest absolute Gasteiger partial charge is 0.233 e. The molecule has 0 spiro atoms. The average Bonchev–Trinajstić information content (AvgIpc) is 3.48. The van der Waals surface area contributed by atoms with Crippen molar-refractivity contribution in [2.24, 2.45) is 5.41 Å². The number of nitrogens with one attached hydrogen (secondary N) is 1. The fraction of sp³-hybridized carbons (Fsp3) is 0.174. The molecule has 1 amide bonds. The minimum Gasteiger partial charge on any atom is -0.306 e. The van der Waals surface area contributed by atoms with Gasteiger partial charge >= 0.3 is 0 Å². The summed E-state index contributed by atoms with van der Waals surface area (Å²) < 4.78 is 1.99. The van der Waals surface area contributed by atoms with Gasteiger partial charge in [-0.1, -0.05) is 36.4 Å². The number of fused-ring (bicyclic) bond motifs is 1. The Morgan fingerprint density at radius 1 is 1.21 bits per heavy atom. The van der Waals surface area contributed by atoms with Gasteiger partial charge in [-0.3, -0.25) is 4.79 Å². The minimum absolute atomic E-state index is 0.00156. The van der Waals surface area contributed by atoms with Crippen LogP contribution < -0.4 is 5.32 Å². The molecule has 2 atom stereocenters. The van der Waals surface area contributed by atoms with Crippen LogP contribution in [0.15, 0.2) is 78.8 Å². The van der Waals surface area contributed by atoms with Crippen molar-refractivity contribution in [1.29, 1.82) is 0 Å². The second-order valence-electron chi connectivity index (χ2n) is 7.58. The zero-order valence-corrected chi connectivity index (χ0v) is 16.8. The van der Waals surface area contributed by atoms with Crippen molar-refractivity contribution in [2.75, 3.05) is 5.32 Å². The quantitative estimate of drug-likeness (QED) is 0.542. The number of benzene rings is 2. The van der Waals surface area contributed by atoms with Gasteiger partial charge in [-0.15, -0.1) is 11.3 Å². The number of hydrogen-bond acceptors (Lipinski definition) is 4. The van der Waals surface area contributed by atoms with Gasteiger partial charge in [0.25, 0.3) is 0 Å². The summed E-state index contributed by atoms with van der Waals surface area (Å²) in [5.41, 5.74) is 3.99. The lowest BCUT2D eigenvalue weighted by Crippen LogP contribution is -2.37. The van der Waals surface area contributed by atoms with Crippen molar-refractivity contribution in [1.82, 2.24) is 14.5 Å². The van der Waals surface area contributed by atoms with Crippen LogP contribution in [0, 0.1) is 5.41 Å². The molecule has 0 unspecified atom stereocenters. The van der Waals surface area contributed by atoms with Crippen molar-refractivity contribution in [3.05, 3.63) is 95.5 Å². The summed E-state index contributed by atoms with van der Waals surface area (Å²) in [4.78, 5) is 21.8. The van der Waals surface area contributed by atoms with Crippen molar-refractivity contribution in [3.8, 4) is 5.69 Å². The van der Waals surface area contributed by atoms with E-state index in [1.807, 2.05) is 34.3 Å². The van der Waals surface area contributed by atoms with Gasteiger partial charge in [0, 0.05) is 35.6 Å². The predicted octanol–water partition coefficient (Wildman–Crippen LogP) is 4.66. The van der Waals surface area contributed by atoms with Crippen LogP contribution in [0.2, 0.25) is 0 Å². The molecular formula is C23H20N4OS. The third kappa shape index (κ3) is 3.06. The summed E-state index contributed by atoms with van der Waals surface area (Å²) in [6.45, 7) is 2.06. The van der Waals surface area contributed by atoms with Crippen LogP contribution in [0.1, 0.15) is 29.5 Å². The molecule has 0 bridgehead atoms. The summed E-state index contributed by atoms with van der Waals surface area (Å²) >= 11 is 1.44. The lowest BCUT2D eigenvalue weighted by Gasteiger charge is -2.31. The maximum absolute atomic E-state index is 13.4. The van der Waals surface area contributed by atoms with E-state index < -0.39 is 5.41 Å². The van der Waals surface area contributed by atoms with Crippen molar-refractivity contribution >= 4 is 22.4 Å². The molecule has 2 aromatic heterocycles. The molecule has 5 rings (SSSR count). The largest absolute Gasteiger partial charge is 0.306 e. The van der Waals surface area contributed by atoms with Gasteiger partial charge in [-0.2, -0.15) is 0 Å². The van der Waals surface area contributed by atoms with Crippen molar-refractivity contribution < 1.29 is 4.79 Å². The first kappa shape index (κ1) is 17.8. The molecule has 0 radical (unpaired) electrons. The topological polar surface area (TPSA) is 59.8 Å². The van der Waals surface area contributed by atoms with E-state index in [-0.39, 0.29) is 11.8 Å². The second-order valence-corrected chi connectivity index (χ2v) is 8.48. The van der Waals surface area contributed by atoms with Crippen LogP contribution in [-0.2, 0) is 11.2 Å². The number of rotatable bonds is 4. The molecule has 144 valence electrons. The monoisotopic (exact) mass is 400 g/mol. The zero-order chi connectivity index (χ0) is 19.8. The van der Waals surface area contributed by atoms with Gasteiger partial charge in [0.15, 0.2) is 5.13 Å². The SMILES string of the molecule is C[C@@]1(C(=O)Nc2nccs2)Cc2ccc(-n3ccnc3)cc2[C@@H]1c1ccccc1. The Balaban J connectivity index is 1.61. The van der Waals surface area contributed by atoms with E-state index in [1.165, 1.54) is 22.5 Å². The van der Waals surface area contributed by atoms with Crippen molar-refractivity contribution in [2.45, 2.75) is 19.3 Å². The summed E-state index contributed by atoms with van der Waals surface area (Å²) in [6.07, 6.45) is 7.89. The molecule has 4 aromatic rings. The molecule has 0 aliphatic heterocycles. The molecule has 1 N–H and O–H groups in total. The third-order valence-corrected chi connectivity index (χ3v) is 6.43. The third-order valence-electron chi connectivity index (χ3n) is 5.74. The van der Waals surface area contributed by atoms with Gasteiger partial charge in [0.1, 0.15) is 0 Å². The van der Waals surface area contributed by atoms with Crippen LogP contribution in [0.4, 0.5) is 5.13 Å². The first-order valence-electron chi connectivity index (χ1n) is 9.52. The number of nitrogens with zero attached hydrogens (tertiary/aromatic N) is 3. The van der Waals surface area contributed by atoms with E-state index in [4.69, 9.17) is 0 Å². The highest BCUT2D eigenvalue weighted by Gasteiger charge is 2.49. The molecular weight excluding hydrogens is 380 g/mol. The summed E-state index contributed by atoms with van der Waals surface area (Å²) in [5.74, 6) is -0.0381. The summed E-state index contributed by atoms with van der Waals surface area (Å²) in [5, 5.41) is 5.54. The highest BCUT2D eigenvalue weighted by atomic mass is 32.1. The summed E-state index contributed by atoms with van der Waals surface area (Å²) in [6, 6.07) is 16.7. The van der Waals surface area contributed by atoms with E-state index in [2.05, 4.69) is 52.5 Å². The average molecular weight is 401 g/mol. The Hall–Kier alpha value is -3.25. The fourth-order valence-corrected chi connectivity index (χ4v) is 4.88. The van der Waals surface area contributed by atoms with Crippen LogP contribution in [-0.4, -0.2) is 20.4 Å². The van der Waals surface area contributed by atoms with E-state index in [1.54, 1.807) is 18.7 Å². The number of aromatic nitrogens is 3. The first-order chi connectivity index (χ1) is 14.1. The Kier molecular flexibility index (Phi) is 4.28. The maximum Gasteiger partial charge on any atom is 0.233 e. The van der Waals surface area contributed by atoms with E-state index in [9.17, 15) is 4.79 Å². The molecule has 5 nitrogen and oxygen atoms in total. The molecule has 2 aromatic carbocycles. The van der Waals surface area contributed by atoms with E-state index >= 15 is 0 Å². The summed E-state index contributed by atoms with van der Waals surface area (Å²) in [7, 11) is 0. The van der Waals surface area contributed by atoms with Crippen LogP contribution in [0.25, 0.3) is 5.69 Å². The van der Waals surface area contributed by atoms with Gasteiger partial charge in [-0.25, -0.2) is 9.97 Å². The first-order valence-corrected chi connectivity index (χ1v) is 10.4. The number of thiazole rings is 1. The van der Waals surface area contributed by atoms with Crippen LogP contribution in [0.5, 0.6) is 0 Å². The molecule has 29 heavy (non-hydrogen) atoms. The number of hydrogen-bond donors (Lipinski definition) is 1. The Morgan fingerprint density at radius 3 is 2.79 bits per heavy atom. The fourth-order valence-electron chi connectivity index (χ4n) is 4.35. The second kappa shape index (κ2) is 6.97. The van der Waals surface area contributed by atoms with Crippen LogP contribution >= 0.6 is 11.3 Å². The lowest BCUT2D eigenvalue weighted by atomic mass is 9.73. The van der Waals surface area contributed by atoms with Gasteiger partial charge in [-0.05, 0) is 42.2 Å². The number of carbonyl (C=O) groups is 1. The Bertz CT molecular complexity index is 1140. The highest BCUT2D eigenvalue weighted by molar-refractivity contribution is 7.13. The zero-order valence-electron chi connectivity index (χ0n) is 15.9. The minimum atomic E-state index is -0.608. The van der Waals surface area contributed by atoms with Gasteiger partial charge in [0.2, 0.25) is 5.91 Å². The molecule has 0 fully saturated rings. The molecule has 0 saturated heterocycles. The number of carbonyl (C=O) groups excluding carboxylic acids is 1. The highest BCUT2D eigenvalue weighted by Crippen LogP contribution is 2.51. The molecule has 2 heterocycles. The Labute approximate surface area is 173 Å². The molecule has 1 aliphatic carbocycles. The van der Waals surface area contributed by atoms with E-state index in [0.29, 0.717) is 11.6 Å². The lowest BCUT2D eigenvalue weighted by molar-refractivity contribution is -0.125. The number of anilines is 1. The van der Waals surface area contributed by atoms with Crippen molar-refractivity contribution in [3.63, 3.8) is 0 Å². The molecule has 0 saturated carbocycles. The number of imidazole rings is 1. The van der Waals surface area contributed by atoms with Gasteiger partial charge < -0.3 is 9.88 Å². The molecule has 1 aliphatic rings. The van der Waals surface area contributed by atoms with Gasteiger partial charge in [0.05, 0.1) is 11.7 Å². The normalized spacial score (nSPS) is 20.4. The Morgan fingerprint density at radius 2 is 2.07 bits per heavy atom. The predicted molar refractivity (Wildman–Crippen MR) is 114 cm³/mol. The van der Waals surface area contributed by atoms with Crippen LogP contribution in [0.3, 0.4) is 0 Å².